The van der Waals surface area contributed by atoms with Gasteiger partial charge in [0.15, 0.2) is 0 Å². The van der Waals surface area contributed by atoms with Gasteiger partial charge in [-0.15, -0.1) is 0 Å². The van der Waals surface area contributed by atoms with Crippen LogP contribution in [0.15, 0.2) is 213 Å². The van der Waals surface area contributed by atoms with E-state index < -0.39 is 0 Å². The largest absolute Gasteiger partial charge is 0.309 e. The fourth-order valence-electron chi connectivity index (χ4n) is 9.24. The van der Waals surface area contributed by atoms with Crippen LogP contribution in [0.25, 0.3) is 106 Å². The van der Waals surface area contributed by atoms with E-state index in [9.17, 15) is 0 Å². The van der Waals surface area contributed by atoms with Crippen LogP contribution in [0, 0.1) is 6.92 Å². The summed E-state index contributed by atoms with van der Waals surface area (Å²) in [6.07, 6.45) is 2.00. The van der Waals surface area contributed by atoms with Crippen molar-refractivity contribution in [1.29, 1.82) is 0 Å². The molecule has 0 unspecified atom stereocenters. The molecule has 0 aliphatic rings. The molecule has 11 rings (SSSR count). The van der Waals surface area contributed by atoms with Crippen molar-refractivity contribution >= 4 is 49.7 Å². The highest BCUT2D eigenvalue weighted by atomic mass is 15.0. The Labute approximate surface area is 344 Å². The molecule has 2 aromatic heterocycles. The average molecular weight is 753 g/mol. The summed E-state index contributed by atoms with van der Waals surface area (Å²) < 4.78 is 4.86. The second-order valence-corrected chi connectivity index (χ2v) is 15.4. The second-order valence-electron chi connectivity index (χ2n) is 15.4. The molecule has 2 nitrogen and oxygen atoms in total. The summed E-state index contributed by atoms with van der Waals surface area (Å²) in [5.74, 6) is 0. The van der Waals surface area contributed by atoms with Crippen molar-refractivity contribution in [2.45, 2.75) is 6.92 Å². The molecule has 0 spiro atoms. The molecule has 2 heterocycles. The second kappa shape index (κ2) is 14.1. The summed E-state index contributed by atoms with van der Waals surface area (Å²) in [4.78, 5) is 0. The Hall–Kier alpha value is -7.68. The van der Waals surface area contributed by atoms with Gasteiger partial charge in [-0.05, 0) is 123 Å². The van der Waals surface area contributed by atoms with Crippen molar-refractivity contribution in [1.82, 2.24) is 9.13 Å². The van der Waals surface area contributed by atoms with Crippen LogP contribution in [-0.4, -0.2) is 9.13 Å². The van der Waals surface area contributed by atoms with E-state index in [4.69, 9.17) is 0 Å². The van der Waals surface area contributed by atoms with Crippen LogP contribution in [0.5, 0.6) is 0 Å². The molecule has 0 saturated heterocycles. The fraction of sp³-hybridized carbons (Fsp3) is 0.0175. The summed E-state index contributed by atoms with van der Waals surface area (Å²) in [6, 6.07) is 75.1. The molecule has 0 N–H and O–H groups in total. The van der Waals surface area contributed by atoms with Crippen LogP contribution in [-0.2, 0) is 0 Å². The van der Waals surface area contributed by atoms with E-state index in [1.807, 2.05) is 6.08 Å². The Bertz CT molecular complexity index is 3400. The van der Waals surface area contributed by atoms with Gasteiger partial charge in [-0.25, -0.2) is 0 Å². The van der Waals surface area contributed by atoms with Gasteiger partial charge in [-0.2, -0.15) is 0 Å². The Morgan fingerprint density at radius 3 is 1.51 bits per heavy atom. The zero-order chi connectivity index (χ0) is 39.5. The van der Waals surface area contributed by atoms with Crippen molar-refractivity contribution in [2.75, 3.05) is 0 Å². The molecule has 11 aromatic rings. The van der Waals surface area contributed by atoms with Crippen molar-refractivity contribution in [3.8, 4) is 55.9 Å². The SMILES string of the molecule is C=Cc1cccc(-c2cccc(-c3cccc(-c4ccccc4)c3)c2)c1-c1cc(-n2c3ccccc3c3cc4c(cc32)c2ccccc2n4-c2ccccc2)ccc1C. The van der Waals surface area contributed by atoms with Gasteiger partial charge < -0.3 is 9.13 Å². The summed E-state index contributed by atoms with van der Waals surface area (Å²) in [7, 11) is 0. The summed E-state index contributed by atoms with van der Waals surface area (Å²) in [5.41, 5.74) is 18.9. The van der Waals surface area contributed by atoms with E-state index in [1.54, 1.807) is 0 Å². The Kier molecular flexibility index (Phi) is 8.23. The molecule has 0 bridgehead atoms. The van der Waals surface area contributed by atoms with Crippen LogP contribution in [0.4, 0.5) is 0 Å². The van der Waals surface area contributed by atoms with Gasteiger partial charge in [0.25, 0.3) is 0 Å². The molecular formula is C57H40N2. The molecular weight excluding hydrogens is 713 g/mol. The van der Waals surface area contributed by atoms with Gasteiger partial charge in [0.1, 0.15) is 0 Å². The van der Waals surface area contributed by atoms with Crippen LogP contribution >= 0.6 is 0 Å². The van der Waals surface area contributed by atoms with Gasteiger partial charge in [0.05, 0.1) is 22.1 Å². The van der Waals surface area contributed by atoms with E-state index >= 15 is 0 Å². The first kappa shape index (κ1) is 34.6. The predicted octanol–water partition coefficient (Wildman–Crippen LogP) is 15.5. The monoisotopic (exact) mass is 752 g/mol. The predicted molar refractivity (Wildman–Crippen MR) is 252 cm³/mol. The summed E-state index contributed by atoms with van der Waals surface area (Å²) in [5, 5.41) is 4.95. The smallest absolute Gasteiger partial charge is 0.0548 e. The van der Waals surface area contributed by atoms with Crippen LogP contribution in [0.2, 0.25) is 0 Å². The maximum atomic E-state index is 4.31. The van der Waals surface area contributed by atoms with Gasteiger partial charge in [0, 0.05) is 32.9 Å². The summed E-state index contributed by atoms with van der Waals surface area (Å²) in [6.45, 7) is 6.53. The lowest BCUT2D eigenvalue weighted by Gasteiger charge is -2.18. The van der Waals surface area contributed by atoms with Crippen molar-refractivity contribution in [2.24, 2.45) is 0 Å². The van der Waals surface area contributed by atoms with Gasteiger partial charge >= 0.3 is 0 Å². The molecule has 0 aliphatic carbocycles. The normalized spacial score (nSPS) is 11.5. The van der Waals surface area contributed by atoms with Crippen LogP contribution in [0.3, 0.4) is 0 Å². The quantitative estimate of drug-likeness (QED) is 0.153. The van der Waals surface area contributed by atoms with Gasteiger partial charge in [-0.1, -0.05) is 158 Å². The third kappa shape index (κ3) is 5.72. The Morgan fingerprint density at radius 2 is 0.864 bits per heavy atom. The van der Waals surface area contributed by atoms with E-state index in [2.05, 4.69) is 229 Å². The number of fused-ring (bicyclic) bond motifs is 6. The zero-order valence-electron chi connectivity index (χ0n) is 32.8. The van der Waals surface area contributed by atoms with E-state index in [0.29, 0.717) is 0 Å². The molecule has 278 valence electrons. The molecule has 59 heavy (non-hydrogen) atoms. The van der Waals surface area contributed by atoms with Crippen LogP contribution < -0.4 is 0 Å². The topological polar surface area (TPSA) is 9.86 Å². The average Bonchev–Trinajstić information content (AvgIpc) is 3.81. The Morgan fingerprint density at radius 1 is 0.356 bits per heavy atom. The number of para-hydroxylation sites is 3. The van der Waals surface area contributed by atoms with Crippen molar-refractivity contribution in [3.63, 3.8) is 0 Å². The third-order valence-electron chi connectivity index (χ3n) is 12.0. The van der Waals surface area contributed by atoms with Crippen LogP contribution in [0.1, 0.15) is 11.1 Å². The number of nitrogens with zero attached hydrogens (tertiary/aromatic N) is 2. The molecule has 0 fully saturated rings. The first-order valence-electron chi connectivity index (χ1n) is 20.3. The van der Waals surface area contributed by atoms with E-state index in [1.165, 1.54) is 93.7 Å². The lowest BCUT2D eigenvalue weighted by atomic mass is 9.87. The standard InChI is InChI=1S/C57H40N2/c1-3-39-19-16-28-47(44-23-15-22-43(34-44)42-21-14-20-41(33-42)40-17-6-4-7-18-40)57(39)50-35-46(32-31-38(50)2)59-54-30-13-11-27-49(54)52-36-55-51(37-56(52)59)48-26-10-12-29-53(48)58(55)45-24-8-5-9-25-45/h3-37H,1H2,2H3. The number of hydrogen-bond donors (Lipinski definition) is 0. The number of hydrogen-bond acceptors (Lipinski definition) is 0. The molecule has 9 aromatic carbocycles. The number of rotatable bonds is 7. The number of aromatic nitrogens is 2. The molecule has 0 radical (unpaired) electrons. The third-order valence-corrected chi connectivity index (χ3v) is 12.0. The lowest BCUT2D eigenvalue weighted by molar-refractivity contribution is 1.17. The van der Waals surface area contributed by atoms with Crippen molar-refractivity contribution in [3.05, 3.63) is 224 Å². The molecule has 0 atom stereocenters. The first-order valence-corrected chi connectivity index (χ1v) is 20.3. The molecule has 0 saturated carbocycles. The Balaban J connectivity index is 1.10. The minimum atomic E-state index is 1.11. The molecule has 0 aliphatic heterocycles. The first-order chi connectivity index (χ1) is 29.1. The number of aryl methyl sites for hydroxylation is 1. The van der Waals surface area contributed by atoms with Gasteiger partial charge in [-0.3, -0.25) is 0 Å². The fourth-order valence-corrected chi connectivity index (χ4v) is 9.24. The highest BCUT2D eigenvalue weighted by molar-refractivity contribution is 6.19. The number of benzene rings is 9. The lowest BCUT2D eigenvalue weighted by Crippen LogP contribution is -1.98. The summed E-state index contributed by atoms with van der Waals surface area (Å²) >= 11 is 0. The van der Waals surface area contributed by atoms with E-state index in [0.717, 1.165) is 16.9 Å². The zero-order valence-corrected chi connectivity index (χ0v) is 32.8. The maximum Gasteiger partial charge on any atom is 0.0548 e. The minimum Gasteiger partial charge on any atom is -0.309 e. The minimum absolute atomic E-state index is 1.11. The maximum absolute atomic E-state index is 4.31. The van der Waals surface area contributed by atoms with E-state index in [-0.39, 0.29) is 0 Å². The molecule has 0 amide bonds. The van der Waals surface area contributed by atoms with Gasteiger partial charge in [0.2, 0.25) is 0 Å². The molecule has 2 heteroatoms. The highest BCUT2D eigenvalue weighted by Gasteiger charge is 2.20. The van der Waals surface area contributed by atoms with Crippen molar-refractivity contribution < 1.29 is 0 Å². The highest BCUT2D eigenvalue weighted by Crippen LogP contribution is 2.43.